The van der Waals surface area contributed by atoms with Crippen LogP contribution in [0.4, 0.5) is 4.39 Å². The minimum atomic E-state index is -0.209. The second kappa shape index (κ2) is 8.53. The fraction of sp³-hybridized carbons (Fsp3) is 0.562. The molecule has 23 heavy (non-hydrogen) atoms. The molecule has 2 fully saturated rings. The van der Waals surface area contributed by atoms with Gasteiger partial charge >= 0.3 is 0 Å². The molecule has 7 heteroatoms. The maximum Gasteiger partial charge on any atom is 0.191 e. The summed E-state index contributed by atoms with van der Waals surface area (Å²) in [5.74, 6) is 0.538. The van der Waals surface area contributed by atoms with Crippen molar-refractivity contribution in [3.8, 4) is 0 Å². The quantitative estimate of drug-likeness (QED) is 0.320. The Morgan fingerprint density at radius 3 is 2.87 bits per heavy atom. The Hall–Kier alpha value is -0.540. The fourth-order valence-electron chi connectivity index (χ4n) is 3.22. The van der Waals surface area contributed by atoms with Crippen molar-refractivity contribution in [1.82, 2.24) is 10.6 Å². The van der Waals surface area contributed by atoms with Gasteiger partial charge in [0.1, 0.15) is 5.82 Å². The van der Waals surface area contributed by atoms with Gasteiger partial charge in [0.15, 0.2) is 5.96 Å². The molecule has 3 atom stereocenters. The van der Waals surface area contributed by atoms with Gasteiger partial charge in [-0.05, 0) is 49.3 Å². The van der Waals surface area contributed by atoms with Gasteiger partial charge in [-0.25, -0.2) is 4.39 Å². The van der Waals surface area contributed by atoms with Crippen molar-refractivity contribution >= 4 is 41.7 Å². The zero-order chi connectivity index (χ0) is 15.5. The van der Waals surface area contributed by atoms with Gasteiger partial charge in [-0.2, -0.15) is 0 Å². The van der Waals surface area contributed by atoms with Crippen LogP contribution in [0.1, 0.15) is 24.8 Å². The number of aliphatic imine (C=N–C) groups is 1. The van der Waals surface area contributed by atoms with E-state index in [1.807, 2.05) is 12.3 Å². The Balaban J connectivity index is 0.00000192. The van der Waals surface area contributed by atoms with Crippen LogP contribution in [0.15, 0.2) is 28.1 Å². The van der Waals surface area contributed by atoms with E-state index in [1.165, 1.54) is 12.5 Å². The van der Waals surface area contributed by atoms with Crippen LogP contribution < -0.4 is 10.6 Å². The molecule has 2 aliphatic rings. The summed E-state index contributed by atoms with van der Waals surface area (Å²) in [5, 5.41) is 6.71. The van der Waals surface area contributed by atoms with Gasteiger partial charge in [-0.15, -0.1) is 35.7 Å². The Morgan fingerprint density at radius 1 is 1.43 bits per heavy atom. The molecule has 0 amide bonds. The molecular weight excluding hydrogens is 428 g/mol. The molecule has 0 radical (unpaired) electrons. The van der Waals surface area contributed by atoms with E-state index in [0.717, 1.165) is 29.3 Å². The zero-order valence-corrected chi connectivity index (χ0v) is 16.5. The number of rotatable bonds is 4. The first-order valence-electron chi connectivity index (χ1n) is 7.64. The molecule has 3 rings (SSSR count). The van der Waals surface area contributed by atoms with Gasteiger partial charge in [-0.1, -0.05) is 0 Å². The van der Waals surface area contributed by atoms with Crippen molar-refractivity contribution < 1.29 is 9.13 Å². The van der Waals surface area contributed by atoms with Crippen LogP contribution in [-0.2, 0) is 11.3 Å². The molecule has 0 saturated carbocycles. The largest absolute Gasteiger partial charge is 0.373 e. The molecule has 2 aliphatic heterocycles. The van der Waals surface area contributed by atoms with E-state index >= 15 is 0 Å². The van der Waals surface area contributed by atoms with E-state index in [2.05, 4.69) is 15.6 Å². The topological polar surface area (TPSA) is 45.7 Å². The summed E-state index contributed by atoms with van der Waals surface area (Å²) in [5.41, 5.74) is 0.944. The lowest BCUT2D eigenvalue weighted by molar-refractivity contribution is 0.0992. The van der Waals surface area contributed by atoms with Gasteiger partial charge in [0.05, 0.1) is 18.2 Å². The summed E-state index contributed by atoms with van der Waals surface area (Å²) in [6.07, 6.45) is 6.05. The standard InChI is InChI=1S/C16H22FN3OS.HI/c1-18-16(20-13-8-12-4-5-14(13)21-12)19-9-10-7-11(17)3-6-15(10)22-2;/h3,6-7,12-14H,4-5,8-9H2,1-2H3,(H2,18,19,20);1H. The molecule has 0 aromatic heterocycles. The monoisotopic (exact) mass is 451 g/mol. The summed E-state index contributed by atoms with van der Waals surface area (Å²) in [4.78, 5) is 5.34. The predicted molar refractivity (Wildman–Crippen MR) is 103 cm³/mol. The lowest BCUT2D eigenvalue weighted by atomic mass is 9.96. The Morgan fingerprint density at radius 2 is 2.26 bits per heavy atom. The molecule has 1 aromatic carbocycles. The van der Waals surface area contributed by atoms with Gasteiger partial charge < -0.3 is 15.4 Å². The third kappa shape index (κ3) is 4.51. The number of ether oxygens (including phenoxy) is 1. The second-order valence-electron chi connectivity index (χ2n) is 5.74. The van der Waals surface area contributed by atoms with Crippen molar-refractivity contribution in [3.05, 3.63) is 29.6 Å². The third-order valence-electron chi connectivity index (χ3n) is 4.34. The molecule has 2 heterocycles. The molecule has 2 N–H and O–H groups in total. The highest BCUT2D eigenvalue weighted by Crippen LogP contribution is 2.34. The van der Waals surface area contributed by atoms with Crippen LogP contribution in [0, 0.1) is 5.82 Å². The van der Waals surface area contributed by atoms with Crippen LogP contribution >= 0.6 is 35.7 Å². The Bertz CT molecular complexity index is 572. The highest BCUT2D eigenvalue weighted by Gasteiger charge is 2.41. The van der Waals surface area contributed by atoms with Crippen LogP contribution in [0.3, 0.4) is 0 Å². The number of guanidine groups is 1. The van der Waals surface area contributed by atoms with Crippen molar-refractivity contribution in [1.29, 1.82) is 0 Å². The SMILES string of the molecule is CN=C(NCc1cc(F)ccc1SC)NC1CC2CCC1O2.I. The van der Waals surface area contributed by atoms with Gasteiger partial charge in [0.2, 0.25) is 0 Å². The van der Waals surface area contributed by atoms with Gasteiger partial charge in [-0.3, -0.25) is 4.99 Å². The third-order valence-corrected chi connectivity index (χ3v) is 5.18. The van der Waals surface area contributed by atoms with E-state index in [4.69, 9.17) is 4.74 Å². The smallest absolute Gasteiger partial charge is 0.191 e. The number of hydrogen-bond acceptors (Lipinski definition) is 3. The molecule has 1 aromatic rings. The summed E-state index contributed by atoms with van der Waals surface area (Å²) < 4.78 is 19.3. The van der Waals surface area contributed by atoms with Crippen molar-refractivity contribution in [2.24, 2.45) is 4.99 Å². The minimum absolute atomic E-state index is 0. The molecule has 0 spiro atoms. The number of nitrogens with zero attached hydrogens (tertiary/aromatic N) is 1. The number of thioether (sulfide) groups is 1. The first-order valence-corrected chi connectivity index (χ1v) is 8.87. The summed E-state index contributed by atoms with van der Waals surface area (Å²) in [6.45, 7) is 0.551. The zero-order valence-electron chi connectivity index (χ0n) is 13.3. The second-order valence-corrected chi connectivity index (χ2v) is 6.59. The molecule has 3 unspecified atom stereocenters. The normalized spacial score (nSPS) is 26.0. The molecular formula is C16H23FIN3OS. The number of hydrogen-bond donors (Lipinski definition) is 2. The number of fused-ring (bicyclic) bond motifs is 2. The van der Waals surface area contributed by atoms with Crippen molar-refractivity contribution in [2.45, 2.75) is 49.0 Å². The first-order chi connectivity index (χ1) is 10.7. The summed E-state index contributed by atoms with van der Waals surface area (Å²) in [7, 11) is 1.75. The van der Waals surface area contributed by atoms with Crippen molar-refractivity contribution in [3.63, 3.8) is 0 Å². The molecule has 0 aliphatic carbocycles. The average Bonchev–Trinajstić information content (AvgIpc) is 3.14. The Labute approximate surface area is 158 Å². The van der Waals surface area contributed by atoms with Crippen LogP contribution in [-0.4, -0.2) is 37.5 Å². The molecule has 4 nitrogen and oxygen atoms in total. The van der Waals surface area contributed by atoms with E-state index < -0.39 is 0 Å². The summed E-state index contributed by atoms with van der Waals surface area (Å²) >= 11 is 1.62. The summed E-state index contributed by atoms with van der Waals surface area (Å²) in [6, 6.07) is 5.22. The van der Waals surface area contributed by atoms with Crippen LogP contribution in [0.2, 0.25) is 0 Å². The molecule has 2 bridgehead atoms. The molecule has 128 valence electrons. The predicted octanol–water partition coefficient (Wildman–Crippen LogP) is 3.15. The number of halogens is 2. The van der Waals surface area contributed by atoms with E-state index in [9.17, 15) is 4.39 Å². The van der Waals surface area contributed by atoms with E-state index in [-0.39, 0.29) is 29.8 Å². The fourth-order valence-corrected chi connectivity index (χ4v) is 3.82. The Kier molecular flexibility index (Phi) is 6.97. The number of nitrogens with one attached hydrogen (secondary N) is 2. The van der Waals surface area contributed by atoms with Gasteiger partial charge in [0.25, 0.3) is 0 Å². The van der Waals surface area contributed by atoms with Crippen molar-refractivity contribution in [2.75, 3.05) is 13.3 Å². The van der Waals surface area contributed by atoms with Gasteiger partial charge in [0, 0.05) is 18.5 Å². The van der Waals surface area contributed by atoms with E-state index in [0.29, 0.717) is 24.8 Å². The first kappa shape index (κ1) is 18.8. The maximum absolute atomic E-state index is 13.4. The lowest BCUT2D eigenvalue weighted by Crippen LogP contribution is -2.47. The lowest BCUT2D eigenvalue weighted by Gasteiger charge is -2.23. The van der Waals surface area contributed by atoms with Crippen LogP contribution in [0.5, 0.6) is 0 Å². The highest BCUT2D eigenvalue weighted by molar-refractivity contribution is 14.0. The maximum atomic E-state index is 13.4. The highest BCUT2D eigenvalue weighted by atomic mass is 127. The average molecular weight is 451 g/mol. The van der Waals surface area contributed by atoms with E-state index in [1.54, 1.807) is 24.9 Å². The molecule has 2 saturated heterocycles. The minimum Gasteiger partial charge on any atom is -0.373 e. The van der Waals surface area contributed by atoms with Crippen LogP contribution in [0.25, 0.3) is 0 Å². The number of benzene rings is 1.